The van der Waals surface area contributed by atoms with Crippen molar-refractivity contribution >= 4 is 51.5 Å². The number of aromatic nitrogens is 1. The number of nitrogens with zero attached hydrogens (tertiary/aromatic N) is 2. The number of amides is 1. The monoisotopic (exact) mass is 516 g/mol. The highest BCUT2D eigenvalue weighted by Crippen LogP contribution is 2.45. The Bertz CT molecular complexity index is 1400. The molecular formula is C24H18ClFN2O6S. The van der Waals surface area contributed by atoms with Gasteiger partial charge in [0, 0.05) is 11.1 Å². The van der Waals surface area contributed by atoms with E-state index in [1.807, 2.05) is 0 Å². The van der Waals surface area contributed by atoms with E-state index in [4.69, 9.17) is 21.1 Å². The molecule has 0 unspecified atom stereocenters. The molecule has 1 atom stereocenters. The third-order valence-corrected chi connectivity index (χ3v) is 6.86. The number of aliphatic hydroxyl groups is 1. The zero-order chi connectivity index (χ0) is 25.4. The third-order valence-electron chi connectivity index (χ3n) is 5.43. The van der Waals surface area contributed by atoms with Crippen molar-refractivity contribution < 1.29 is 33.4 Å². The number of anilines is 1. The van der Waals surface area contributed by atoms with Crippen molar-refractivity contribution in [2.24, 2.45) is 0 Å². The fourth-order valence-electron chi connectivity index (χ4n) is 3.76. The molecule has 1 aliphatic heterocycles. The smallest absolute Gasteiger partial charge is 0.350 e. The van der Waals surface area contributed by atoms with Gasteiger partial charge in [0.25, 0.3) is 5.78 Å². The number of carbonyl (C=O) groups excluding carboxylic acids is 3. The van der Waals surface area contributed by atoms with Gasteiger partial charge in [-0.1, -0.05) is 41.1 Å². The van der Waals surface area contributed by atoms with Crippen LogP contribution in [-0.2, 0) is 14.3 Å². The first-order valence-electron chi connectivity index (χ1n) is 10.1. The van der Waals surface area contributed by atoms with E-state index in [1.165, 1.54) is 56.7 Å². The summed E-state index contributed by atoms with van der Waals surface area (Å²) in [7, 11) is 2.62. The van der Waals surface area contributed by atoms with E-state index in [2.05, 4.69) is 4.98 Å². The van der Waals surface area contributed by atoms with Gasteiger partial charge < -0.3 is 14.6 Å². The molecule has 0 aliphatic carbocycles. The Morgan fingerprint density at radius 3 is 2.54 bits per heavy atom. The lowest BCUT2D eigenvalue weighted by molar-refractivity contribution is -0.132. The number of Topliss-reactive ketones (excluding diaryl/α,β-unsaturated/α-hetero) is 1. The molecule has 8 nitrogen and oxygen atoms in total. The van der Waals surface area contributed by atoms with E-state index in [0.717, 1.165) is 16.2 Å². The molecule has 0 spiro atoms. The zero-order valence-electron chi connectivity index (χ0n) is 18.7. The molecule has 180 valence electrons. The minimum Gasteiger partial charge on any atom is -0.507 e. The van der Waals surface area contributed by atoms with Crippen LogP contribution in [0.1, 0.15) is 32.5 Å². The van der Waals surface area contributed by atoms with Gasteiger partial charge in [-0.2, -0.15) is 0 Å². The van der Waals surface area contributed by atoms with Crippen molar-refractivity contribution in [2.75, 3.05) is 19.1 Å². The molecule has 2 heterocycles. The summed E-state index contributed by atoms with van der Waals surface area (Å²) in [6, 6.07) is 8.51. The highest BCUT2D eigenvalue weighted by molar-refractivity contribution is 7.17. The number of rotatable bonds is 5. The number of carbonyl (C=O) groups is 3. The number of aryl methyl sites for hydroxylation is 1. The molecular weight excluding hydrogens is 499 g/mol. The SMILES string of the molecule is COC(=O)c1sc(N2C(=O)C(=O)C(=C(O)c3ccc(OC)c(Cl)c3)[C@H]2c2ccccc2F)nc1C. The van der Waals surface area contributed by atoms with Gasteiger partial charge in [0.15, 0.2) is 5.13 Å². The van der Waals surface area contributed by atoms with Crippen molar-refractivity contribution in [2.45, 2.75) is 13.0 Å². The maximum Gasteiger partial charge on any atom is 0.350 e. The lowest BCUT2D eigenvalue weighted by atomic mass is 9.95. The van der Waals surface area contributed by atoms with E-state index >= 15 is 0 Å². The fraction of sp³-hybridized carbons (Fsp3) is 0.167. The number of esters is 1. The van der Waals surface area contributed by atoms with Gasteiger partial charge in [-0.15, -0.1) is 0 Å². The second-order valence-corrected chi connectivity index (χ2v) is 8.83. The summed E-state index contributed by atoms with van der Waals surface area (Å²) in [4.78, 5) is 43.8. The van der Waals surface area contributed by atoms with Crippen LogP contribution >= 0.6 is 22.9 Å². The quantitative estimate of drug-likeness (QED) is 0.227. The Labute approximate surface area is 208 Å². The van der Waals surface area contributed by atoms with Gasteiger partial charge in [0.2, 0.25) is 0 Å². The van der Waals surface area contributed by atoms with Crippen LogP contribution in [0.25, 0.3) is 5.76 Å². The number of aliphatic hydroxyl groups excluding tert-OH is 1. The van der Waals surface area contributed by atoms with Crippen LogP contribution in [0.3, 0.4) is 0 Å². The summed E-state index contributed by atoms with van der Waals surface area (Å²) in [5, 5.41) is 11.3. The minimum atomic E-state index is -1.35. The van der Waals surface area contributed by atoms with Crippen LogP contribution in [0.15, 0.2) is 48.0 Å². The molecule has 1 saturated heterocycles. The number of hydrogen-bond donors (Lipinski definition) is 1. The standard InChI is InChI=1S/C24H18ClFN2O6S/c1-11-21(23(32)34-3)35-24(27-11)28-18(13-6-4-5-7-15(13)26)17(20(30)22(28)31)19(29)12-8-9-16(33-2)14(25)10-12/h4-10,18,29H,1-3H3/t18-/m1/s1. The van der Waals surface area contributed by atoms with Crippen LogP contribution in [0.2, 0.25) is 5.02 Å². The predicted molar refractivity (Wildman–Crippen MR) is 127 cm³/mol. The molecule has 35 heavy (non-hydrogen) atoms. The summed E-state index contributed by atoms with van der Waals surface area (Å²) in [5.41, 5.74) is 0.00260. The second kappa shape index (κ2) is 9.47. The first-order valence-corrected chi connectivity index (χ1v) is 11.3. The van der Waals surface area contributed by atoms with E-state index in [0.29, 0.717) is 5.75 Å². The Hall–Kier alpha value is -3.76. The molecule has 0 saturated carbocycles. The molecule has 2 aromatic carbocycles. The van der Waals surface area contributed by atoms with Crippen LogP contribution in [0.4, 0.5) is 9.52 Å². The van der Waals surface area contributed by atoms with Crippen molar-refractivity contribution in [1.29, 1.82) is 0 Å². The number of methoxy groups -OCH3 is 2. The molecule has 1 aromatic heterocycles. The van der Waals surface area contributed by atoms with Crippen LogP contribution in [-0.4, -0.2) is 42.0 Å². The van der Waals surface area contributed by atoms with Crippen LogP contribution < -0.4 is 9.64 Å². The largest absolute Gasteiger partial charge is 0.507 e. The number of hydrogen-bond acceptors (Lipinski definition) is 8. The topological polar surface area (TPSA) is 106 Å². The van der Waals surface area contributed by atoms with Gasteiger partial charge >= 0.3 is 11.9 Å². The molecule has 1 fully saturated rings. The van der Waals surface area contributed by atoms with Gasteiger partial charge in [0.1, 0.15) is 28.2 Å². The molecule has 0 radical (unpaired) electrons. The van der Waals surface area contributed by atoms with Crippen LogP contribution in [0, 0.1) is 12.7 Å². The van der Waals surface area contributed by atoms with E-state index in [1.54, 1.807) is 6.92 Å². The average molecular weight is 517 g/mol. The lowest BCUT2D eigenvalue weighted by Crippen LogP contribution is -2.29. The summed E-state index contributed by atoms with van der Waals surface area (Å²) in [5.74, 6) is -3.67. The summed E-state index contributed by atoms with van der Waals surface area (Å²) < 4.78 is 24.8. The van der Waals surface area contributed by atoms with Crippen LogP contribution in [0.5, 0.6) is 5.75 Å². The molecule has 4 rings (SSSR count). The van der Waals surface area contributed by atoms with E-state index < -0.39 is 35.3 Å². The molecule has 1 N–H and O–H groups in total. The van der Waals surface area contributed by atoms with Crippen molar-refractivity contribution in [3.05, 3.63) is 80.6 Å². The number of thiazole rings is 1. The maximum atomic E-state index is 15.0. The van der Waals surface area contributed by atoms with Crippen molar-refractivity contribution in [3.8, 4) is 5.75 Å². The van der Waals surface area contributed by atoms with E-state index in [-0.39, 0.29) is 37.4 Å². The number of benzene rings is 2. The summed E-state index contributed by atoms with van der Waals surface area (Å²) in [6.45, 7) is 1.54. The van der Waals surface area contributed by atoms with Gasteiger partial charge in [-0.25, -0.2) is 14.2 Å². The number of halogens is 2. The highest BCUT2D eigenvalue weighted by atomic mass is 35.5. The fourth-order valence-corrected chi connectivity index (χ4v) is 5.03. The lowest BCUT2D eigenvalue weighted by Gasteiger charge is -2.23. The number of ketones is 1. The third kappa shape index (κ3) is 4.15. The Morgan fingerprint density at radius 2 is 1.91 bits per heavy atom. The average Bonchev–Trinajstić information content (AvgIpc) is 3.35. The summed E-state index contributed by atoms with van der Waals surface area (Å²) in [6.07, 6.45) is 0. The van der Waals surface area contributed by atoms with E-state index in [9.17, 15) is 23.9 Å². The first kappa shape index (κ1) is 24.4. The molecule has 1 amide bonds. The highest BCUT2D eigenvalue weighted by Gasteiger charge is 2.49. The first-order chi connectivity index (χ1) is 16.7. The van der Waals surface area contributed by atoms with Crippen molar-refractivity contribution in [3.63, 3.8) is 0 Å². The molecule has 1 aliphatic rings. The molecule has 0 bridgehead atoms. The molecule has 11 heteroatoms. The molecule has 3 aromatic rings. The second-order valence-electron chi connectivity index (χ2n) is 7.44. The Morgan fingerprint density at radius 1 is 1.20 bits per heavy atom. The Balaban J connectivity index is 1.95. The van der Waals surface area contributed by atoms with Gasteiger partial charge in [-0.05, 0) is 31.2 Å². The normalized spacial score (nSPS) is 17.1. The zero-order valence-corrected chi connectivity index (χ0v) is 20.2. The minimum absolute atomic E-state index is 0.0231. The maximum absolute atomic E-state index is 15.0. The predicted octanol–water partition coefficient (Wildman–Crippen LogP) is 4.67. The van der Waals surface area contributed by atoms with Gasteiger partial charge in [-0.3, -0.25) is 14.5 Å². The summed E-state index contributed by atoms with van der Waals surface area (Å²) >= 11 is 7.00. The Kier molecular flexibility index (Phi) is 6.60. The van der Waals surface area contributed by atoms with Crippen molar-refractivity contribution in [1.82, 2.24) is 4.98 Å². The number of ether oxygens (including phenoxy) is 2. The van der Waals surface area contributed by atoms with Gasteiger partial charge in [0.05, 0.1) is 30.5 Å².